The van der Waals surface area contributed by atoms with Crippen molar-refractivity contribution in [1.82, 2.24) is 4.90 Å². The third-order valence-corrected chi connectivity index (χ3v) is 4.24. The second-order valence-electron chi connectivity index (χ2n) is 5.35. The van der Waals surface area contributed by atoms with Gasteiger partial charge < -0.3 is 10.6 Å². The average Bonchev–Trinajstić information content (AvgIpc) is 2.88. The van der Waals surface area contributed by atoms with E-state index in [1.54, 1.807) is 0 Å². The highest BCUT2D eigenvalue weighted by Gasteiger charge is 2.33. The Kier molecular flexibility index (Phi) is 4.83. The predicted octanol–water partition coefficient (Wildman–Crippen LogP) is 2.67. The summed E-state index contributed by atoms with van der Waals surface area (Å²) in [5.41, 5.74) is 6.85. The molecule has 0 radical (unpaired) electrons. The van der Waals surface area contributed by atoms with Gasteiger partial charge in [-0.25, -0.2) is 0 Å². The lowest BCUT2D eigenvalue weighted by Gasteiger charge is -2.24. The maximum absolute atomic E-state index is 12.4. The fraction of sp³-hybridized carbons (Fsp3) is 0.533. The Morgan fingerprint density at radius 1 is 1.37 bits per heavy atom. The zero-order valence-electron chi connectivity index (χ0n) is 11.3. The molecule has 2 N–H and O–H groups in total. The topological polar surface area (TPSA) is 46.3 Å². The van der Waals surface area contributed by atoms with Crippen molar-refractivity contribution in [2.45, 2.75) is 25.8 Å². The molecule has 1 amide bonds. The van der Waals surface area contributed by atoms with Crippen LogP contribution in [0.2, 0.25) is 5.02 Å². The third kappa shape index (κ3) is 3.48. The number of halogens is 1. The van der Waals surface area contributed by atoms with E-state index >= 15 is 0 Å². The molecule has 0 heterocycles. The van der Waals surface area contributed by atoms with Gasteiger partial charge in [0.1, 0.15) is 0 Å². The molecule has 0 spiro atoms. The molecule has 104 valence electrons. The summed E-state index contributed by atoms with van der Waals surface area (Å²) in [6.45, 7) is 1.25. The van der Waals surface area contributed by atoms with E-state index in [-0.39, 0.29) is 11.8 Å². The van der Waals surface area contributed by atoms with Crippen LogP contribution in [0.4, 0.5) is 0 Å². The summed E-state index contributed by atoms with van der Waals surface area (Å²) in [6, 6.07) is 7.63. The van der Waals surface area contributed by atoms with Crippen molar-refractivity contribution in [1.29, 1.82) is 0 Å². The molecule has 0 aliphatic heterocycles. The molecule has 0 aromatic heterocycles. The van der Waals surface area contributed by atoms with Gasteiger partial charge >= 0.3 is 0 Å². The lowest BCUT2D eigenvalue weighted by atomic mass is 9.95. The molecule has 1 aliphatic carbocycles. The van der Waals surface area contributed by atoms with E-state index in [1.807, 2.05) is 36.2 Å². The Balaban J connectivity index is 1.97. The molecule has 1 fully saturated rings. The maximum Gasteiger partial charge on any atom is 0.226 e. The van der Waals surface area contributed by atoms with Gasteiger partial charge in [-0.15, -0.1) is 0 Å². The minimum absolute atomic E-state index is 0.113. The third-order valence-electron chi connectivity index (χ3n) is 3.99. The van der Waals surface area contributed by atoms with Crippen LogP contribution in [0.25, 0.3) is 0 Å². The van der Waals surface area contributed by atoms with Crippen LogP contribution in [0.1, 0.15) is 24.8 Å². The quantitative estimate of drug-likeness (QED) is 0.922. The van der Waals surface area contributed by atoms with Crippen molar-refractivity contribution >= 4 is 17.5 Å². The molecule has 1 aromatic carbocycles. The number of nitrogens with two attached hydrogens (primary N) is 1. The van der Waals surface area contributed by atoms with Crippen molar-refractivity contribution in [3.63, 3.8) is 0 Å². The van der Waals surface area contributed by atoms with E-state index in [9.17, 15) is 4.79 Å². The van der Waals surface area contributed by atoms with E-state index in [0.717, 1.165) is 29.8 Å². The number of hydrogen-bond donors (Lipinski definition) is 1. The van der Waals surface area contributed by atoms with Crippen LogP contribution in [0, 0.1) is 11.8 Å². The number of hydrogen-bond acceptors (Lipinski definition) is 2. The molecule has 0 saturated heterocycles. The molecule has 2 rings (SSSR count). The van der Waals surface area contributed by atoms with Crippen LogP contribution >= 0.6 is 11.6 Å². The summed E-state index contributed by atoms with van der Waals surface area (Å²) in [5, 5.41) is 0.719. The lowest BCUT2D eigenvalue weighted by molar-refractivity contribution is -0.135. The molecule has 0 bridgehead atoms. The van der Waals surface area contributed by atoms with Crippen molar-refractivity contribution in [2.24, 2.45) is 17.6 Å². The summed E-state index contributed by atoms with van der Waals surface area (Å²) in [6.07, 6.45) is 3.18. The molecule has 4 heteroatoms. The van der Waals surface area contributed by atoms with Gasteiger partial charge in [0, 0.05) is 24.5 Å². The summed E-state index contributed by atoms with van der Waals surface area (Å²) < 4.78 is 0. The average molecular weight is 281 g/mol. The van der Waals surface area contributed by atoms with Gasteiger partial charge in [0.15, 0.2) is 0 Å². The van der Waals surface area contributed by atoms with Gasteiger partial charge in [-0.3, -0.25) is 4.79 Å². The number of carbonyl (C=O) groups is 1. The van der Waals surface area contributed by atoms with Gasteiger partial charge in [-0.05, 0) is 43.0 Å². The van der Waals surface area contributed by atoms with Gasteiger partial charge in [0.2, 0.25) is 5.91 Å². The highest BCUT2D eigenvalue weighted by Crippen LogP contribution is 2.32. The monoisotopic (exact) mass is 280 g/mol. The molecule has 2 atom stereocenters. The number of benzene rings is 1. The largest absolute Gasteiger partial charge is 0.341 e. The van der Waals surface area contributed by atoms with Crippen molar-refractivity contribution < 1.29 is 4.79 Å². The molecule has 1 aliphatic rings. The molecule has 19 heavy (non-hydrogen) atoms. The Bertz CT molecular complexity index is 432. The minimum atomic E-state index is 0.113. The fourth-order valence-electron chi connectivity index (χ4n) is 2.87. The number of nitrogens with zero attached hydrogens (tertiary/aromatic N) is 1. The van der Waals surface area contributed by atoms with Gasteiger partial charge in [0.05, 0.1) is 0 Å². The minimum Gasteiger partial charge on any atom is -0.341 e. The van der Waals surface area contributed by atoms with Crippen LogP contribution in [0.5, 0.6) is 0 Å². The van der Waals surface area contributed by atoms with Crippen LogP contribution < -0.4 is 5.73 Å². The van der Waals surface area contributed by atoms with E-state index < -0.39 is 0 Å². The first-order valence-electron chi connectivity index (χ1n) is 6.81. The van der Waals surface area contributed by atoms with E-state index in [0.29, 0.717) is 19.0 Å². The Labute approximate surface area is 119 Å². The van der Waals surface area contributed by atoms with Gasteiger partial charge in [-0.2, -0.15) is 0 Å². The van der Waals surface area contributed by atoms with Crippen LogP contribution in [0.3, 0.4) is 0 Å². The van der Waals surface area contributed by atoms with Crippen molar-refractivity contribution in [2.75, 3.05) is 13.6 Å². The molecular formula is C15H21ClN2O. The van der Waals surface area contributed by atoms with Gasteiger partial charge in [-0.1, -0.05) is 30.2 Å². The van der Waals surface area contributed by atoms with Crippen LogP contribution in [-0.2, 0) is 11.3 Å². The summed E-state index contributed by atoms with van der Waals surface area (Å²) in [7, 11) is 1.86. The van der Waals surface area contributed by atoms with E-state index in [4.69, 9.17) is 17.3 Å². The van der Waals surface area contributed by atoms with Gasteiger partial charge in [0.25, 0.3) is 0 Å². The van der Waals surface area contributed by atoms with E-state index in [1.165, 1.54) is 0 Å². The molecule has 1 aromatic rings. The molecular weight excluding hydrogens is 260 g/mol. The highest BCUT2D eigenvalue weighted by atomic mass is 35.5. The smallest absolute Gasteiger partial charge is 0.226 e. The van der Waals surface area contributed by atoms with Crippen molar-refractivity contribution in [3.8, 4) is 0 Å². The van der Waals surface area contributed by atoms with E-state index in [2.05, 4.69) is 0 Å². The zero-order chi connectivity index (χ0) is 13.8. The first kappa shape index (κ1) is 14.4. The Hall–Kier alpha value is -1.06. The summed E-state index contributed by atoms with van der Waals surface area (Å²) in [5.74, 6) is 0.699. The first-order chi connectivity index (χ1) is 9.11. The van der Waals surface area contributed by atoms with Crippen molar-refractivity contribution in [3.05, 3.63) is 34.9 Å². The second-order valence-corrected chi connectivity index (χ2v) is 5.79. The SMILES string of the molecule is CN(Cc1ccc(Cl)cc1)C(=O)[C@@H]1CCC[C@@H]1CN. The second kappa shape index (κ2) is 6.40. The fourth-order valence-corrected chi connectivity index (χ4v) is 2.99. The molecule has 1 saturated carbocycles. The standard InChI is InChI=1S/C15H21ClN2O/c1-18(10-11-5-7-13(16)8-6-11)15(19)14-4-2-3-12(14)9-17/h5-8,12,14H,2-4,9-10,17H2,1H3/t12-,14-/m1/s1. The highest BCUT2D eigenvalue weighted by molar-refractivity contribution is 6.30. The number of carbonyl (C=O) groups excluding carboxylic acids is 1. The van der Waals surface area contributed by atoms with Crippen LogP contribution in [0.15, 0.2) is 24.3 Å². The predicted molar refractivity (Wildman–Crippen MR) is 77.8 cm³/mol. The number of amides is 1. The Morgan fingerprint density at radius 3 is 2.68 bits per heavy atom. The summed E-state index contributed by atoms with van der Waals surface area (Å²) in [4.78, 5) is 14.2. The zero-order valence-corrected chi connectivity index (χ0v) is 12.1. The first-order valence-corrected chi connectivity index (χ1v) is 7.19. The van der Waals surface area contributed by atoms with Crippen LogP contribution in [-0.4, -0.2) is 24.4 Å². The lowest BCUT2D eigenvalue weighted by Crippen LogP contribution is -2.36. The number of rotatable bonds is 4. The summed E-state index contributed by atoms with van der Waals surface area (Å²) >= 11 is 5.86. The normalized spacial score (nSPS) is 22.5. The Morgan fingerprint density at radius 2 is 2.05 bits per heavy atom. The molecule has 3 nitrogen and oxygen atoms in total. The molecule has 0 unspecified atom stereocenters. The maximum atomic E-state index is 12.4.